The molecule has 0 N–H and O–H groups in total. The van der Waals surface area contributed by atoms with E-state index in [1.165, 1.54) is 0 Å². The smallest absolute Gasteiger partial charge is 0.124 e. The lowest BCUT2D eigenvalue weighted by Crippen LogP contribution is -2.26. The van der Waals surface area contributed by atoms with Crippen LogP contribution < -0.4 is 0 Å². The third-order valence-corrected chi connectivity index (χ3v) is 9.13. The van der Waals surface area contributed by atoms with Crippen molar-refractivity contribution >= 4 is 90.1 Å². The highest BCUT2D eigenvalue weighted by Gasteiger charge is 2.35. The molecular weight excluding hydrogens is 389 g/mol. The van der Waals surface area contributed by atoms with E-state index in [4.69, 9.17) is 69.6 Å². The summed E-state index contributed by atoms with van der Waals surface area (Å²) < 4.78 is -2.18. The zero-order valence-corrected chi connectivity index (χ0v) is 18.3. The van der Waals surface area contributed by atoms with E-state index in [1.54, 1.807) is 24.3 Å². The van der Waals surface area contributed by atoms with E-state index in [0.29, 0.717) is 20.5 Å². The first-order valence-corrected chi connectivity index (χ1v) is 9.94. The second-order valence-corrected chi connectivity index (χ2v) is 11.9. The summed E-state index contributed by atoms with van der Waals surface area (Å²) in [6, 6.07) is 7.12. The van der Waals surface area contributed by atoms with Crippen LogP contribution in [0.3, 0.4) is 0 Å². The fraction of sp³-hybridized carbons (Fsp3) is 0.400. The van der Waals surface area contributed by atoms with Gasteiger partial charge in [-0.05, 0) is 11.1 Å². The standard InChI is InChI=1S/C10H12Cl6Si2/c11-7(17)9(13,14)5-1-2-6(4-3-5)10(15,16)8(12)18/h1-4,7-8H,17-18H3. The zero-order valence-electron chi connectivity index (χ0n) is 9.73. The first kappa shape index (κ1) is 17.4. The van der Waals surface area contributed by atoms with Crippen molar-refractivity contribution in [2.75, 3.05) is 0 Å². The lowest BCUT2D eigenvalue weighted by molar-refractivity contribution is 0.907. The molecule has 0 heterocycles. The topological polar surface area (TPSA) is 0 Å². The van der Waals surface area contributed by atoms with Crippen molar-refractivity contribution in [3.8, 4) is 0 Å². The summed E-state index contributed by atoms with van der Waals surface area (Å²) in [5, 5.41) is -0.578. The summed E-state index contributed by atoms with van der Waals surface area (Å²) in [6.45, 7) is 0. The van der Waals surface area contributed by atoms with Gasteiger partial charge < -0.3 is 0 Å². The van der Waals surface area contributed by atoms with Crippen molar-refractivity contribution in [1.29, 1.82) is 0 Å². The summed E-state index contributed by atoms with van der Waals surface area (Å²) in [5.74, 6) is 0. The fourth-order valence-corrected chi connectivity index (χ4v) is 2.80. The van der Waals surface area contributed by atoms with Gasteiger partial charge in [0.05, 0.1) is 10.0 Å². The Hall–Kier alpha value is 1.39. The van der Waals surface area contributed by atoms with Gasteiger partial charge in [0.1, 0.15) is 0 Å². The Morgan fingerprint density at radius 2 is 0.944 bits per heavy atom. The summed E-state index contributed by atoms with van der Waals surface area (Å²) in [5.41, 5.74) is 1.46. The van der Waals surface area contributed by atoms with Crippen molar-refractivity contribution in [3.05, 3.63) is 35.4 Å². The fourth-order valence-electron chi connectivity index (χ4n) is 1.37. The van der Waals surface area contributed by atoms with Crippen LogP contribution in [-0.4, -0.2) is 30.5 Å². The third-order valence-electron chi connectivity index (χ3n) is 2.65. The molecule has 18 heavy (non-hydrogen) atoms. The molecule has 2 unspecified atom stereocenters. The van der Waals surface area contributed by atoms with Gasteiger partial charge in [-0.2, -0.15) is 0 Å². The van der Waals surface area contributed by atoms with Crippen molar-refractivity contribution in [1.82, 2.24) is 0 Å². The molecule has 0 bridgehead atoms. The summed E-state index contributed by atoms with van der Waals surface area (Å²) in [7, 11) is 1.36. The average Bonchev–Trinajstić information content (AvgIpc) is 2.28. The summed E-state index contributed by atoms with van der Waals surface area (Å²) in [6.07, 6.45) is 0. The van der Waals surface area contributed by atoms with Gasteiger partial charge >= 0.3 is 0 Å². The highest BCUT2D eigenvalue weighted by molar-refractivity contribution is 6.58. The Balaban J connectivity index is 3.08. The van der Waals surface area contributed by atoms with E-state index in [9.17, 15) is 0 Å². The van der Waals surface area contributed by atoms with Gasteiger partial charge in [-0.15, -0.1) is 23.2 Å². The Labute approximate surface area is 143 Å². The number of halogens is 6. The molecule has 0 radical (unpaired) electrons. The van der Waals surface area contributed by atoms with E-state index in [1.807, 2.05) is 0 Å². The zero-order chi connectivity index (χ0) is 14.1. The van der Waals surface area contributed by atoms with Crippen molar-refractivity contribution in [2.45, 2.75) is 18.7 Å². The van der Waals surface area contributed by atoms with Crippen LogP contribution >= 0.6 is 69.6 Å². The maximum Gasteiger partial charge on any atom is 0.155 e. The molecule has 2 atom stereocenters. The lowest BCUT2D eigenvalue weighted by atomic mass is 10.1. The van der Waals surface area contributed by atoms with E-state index in [-0.39, 0.29) is 10.0 Å². The van der Waals surface area contributed by atoms with Gasteiger partial charge in [-0.25, -0.2) is 0 Å². The Morgan fingerprint density at radius 3 is 1.11 bits per heavy atom. The van der Waals surface area contributed by atoms with E-state index >= 15 is 0 Å². The molecule has 102 valence electrons. The molecule has 0 saturated heterocycles. The van der Waals surface area contributed by atoms with Crippen LogP contribution in [0.2, 0.25) is 0 Å². The highest BCUT2D eigenvalue weighted by atomic mass is 35.5. The normalized spacial score (nSPS) is 16.8. The number of hydrogen-bond donors (Lipinski definition) is 0. The van der Waals surface area contributed by atoms with Gasteiger partial charge in [-0.1, -0.05) is 70.7 Å². The van der Waals surface area contributed by atoms with Crippen LogP contribution in [0.5, 0.6) is 0 Å². The molecule has 0 aliphatic heterocycles. The average molecular weight is 401 g/mol. The predicted molar refractivity (Wildman–Crippen MR) is 92.4 cm³/mol. The maximum atomic E-state index is 6.21. The summed E-state index contributed by atoms with van der Waals surface area (Å²) in [4.78, 5) is 0. The first-order chi connectivity index (χ1) is 8.10. The van der Waals surface area contributed by atoms with Gasteiger partial charge in [-0.3, -0.25) is 0 Å². The maximum absolute atomic E-state index is 6.21. The minimum atomic E-state index is -1.09. The van der Waals surface area contributed by atoms with Crippen LogP contribution in [0.25, 0.3) is 0 Å². The minimum Gasteiger partial charge on any atom is -0.124 e. The first-order valence-electron chi connectivity index (χ1n) is 5.25. The van der Waals surface area contributed by atoms with Crippen LogP contribution in [0, 0.1) is 0 Å². The number of alkyl halides is 6. The van der Waals surface area contributed by atoms with Gasteiger partial charge in [0.25, 0.3) is 0 Å². The largest absolute Gasteiger partial charge is 0.155 e. The van der Waals surface area contributed by atoms with E-state index in [0.717, 1.165) is 11.1 Å². The molecule has 0 aromatic heterocycles. The minimum absolute atomic E-state index is 0.289. The van der Waals surface area contributed by atoms with E-state index < -0.39 is 8.67 Å². The molecule has 1 rings (SSSR count). The molecule has 0 saturated carbocycles. The Morgan fingerprint density at radius 1 is 0.722 bits per heavy atom. The van der Waals surface area contributed by atoms with Crippen molar-refractivity contribution in [2.24, 2.45) is 0 Å². The summed E-state index contributed by atoms with van der Waals surface area (Å²) >= 11 is 36.9. The van der Waals surface area contributed by atoms with Gasteiger partial charge in [0.15, 0.2) is 8.67 Å². The molecule has 8 heteroatoms. The monoisotopic (exact) mass is 398 g/mol. The molecular formula is C10H12Cl6Si2. The molecule has 0 nitrogen and oxygen atoms in total. The SMILES string of the molecule is [SiH3]C(Cl)C(Cl)(Cl)c1ccc(C(Cl)(Cl)C([SiH3])Cl)cc1. The van der Waals surface area contributed by atoms with Crippen LogP contribution in [0.15, 0.2) is 24.3 Å². The Kier molecular flexibility index (Phi) is 6.24. The van der Waals surface area contributed by atoms with Crippen LogP contribution in [-0.2, 0) is 8.67 Å². The molecule has 0 spiro atoms. The molecule has 1 aromatic rings. The van der Waals surface area contributed by atoms with Gasteiger partial charge in [0.2, 0.25) is 0 Å². The predicted octanol–water partition coefficient (Wildman–Crippen LogP) is 2.81. The molecule has 0 amide bonds. The van der Waals surface area contributed by atoms with E-state index in [2.05, 4.69) is 0 Å². The molecule has 0 aliphatic rings. The quantitative estimate of drug-likeness (QED) is 0.538. The second kappa shape index (κ2) is 6.44. The number of benzene rings is 1. The van der Waals surface area contributed by atoms with Crippen molar-refractivity contribution in [3.63, 3.8) is 0 Å². The number of hydrogen-bond acceptors (Lipinski definition) is 0. The third kappa shape index (κ3) is 3.73. The van der Waals surface area contributed by atoms with Crippen LogP contribution in [0.4, 0.5) is 0 Å². The van der Waals surface area contributed by atoms with Crippen LogP contribution in [0.1, 0.15) is 11.1 Å². The van der Waals surface area contributed by atoms with Crippen molar-refractivity contribution < 1.29 is 0 Å². The molecule has 0 fully saturated rings. The molecule has 1 aromatic carbocycles. The lowest BCUT2D eigenvalue weighted by Gasteiger charge is -2.26. The second-order valence-electron chi connectivity index (χ2n) is 4.06. The Bertz CT molecular complexity index is 362. The number of rotatable bonds is 4. The highest BCUT2D eigenvalue weighted by Crippen LogP contribution is 2.42. The van der Waals surface area contributed by atoms with Gasteiger partial charge in [0, 0.05) is 20.5 Å². The molecule has 0 aliphatic carbocycles.